The average molecular weight is 439 g/mol. The quantitative estimate of drug-likeness (QED) is 0.535. The number of carbonyl (C=O) groups is 2. The minimum Gasteiger partial charge on any atom is -0.495 e. The lowest BCUT2D eigenvalue weighted by molar-refractivity contribution is -0.120. The molecule has 0 radical (unpaired) electrons. The Morgan fingerprint density at radius 1 is 0.818 bits per heavy atom. The molecule has 0 spiro atoms. The third kappa shape index (κ3) is 3.41. The number of anilines is 2. The van der Waals surface area contributed by atoms with Gasteiger partial charge in [0.2, 0.25) is 0 Å². The molecule has 166 valence electrons. The summed E-state index contributed by atoms with van der Waals surface area (Å²) in [5, 5.41) is 0. The highest BCUT2D eigenvalue weighted by atomic mass is 16.5. The number of ether oxygens (including phenoxy) is 1. The third-order valence-corrected chi connectivity index (χ3v) is 6.56. The number of fused-ring (bicyclic) bond motifs is 1. The number of benzene rings is 3. The molecular formula is C28H26N2O3. The normalized spacial score (nSPS) is 15.8. The van der Waals surface area contributed by atoms with Crippen LogP contribution in [0.5, 0.6) is 5.75 Å². The van der Waals surface area contributed by atoms with Crippen LogP contribution in [0.4, 0.5) is 11.4 Å². The van der Waals surface area contributed by atoms with Crippen molar-refractivity contribution < 1.29 is 14.3 Å². The van der Waals surface area contributed by atoms with Gasteiger partial charge in [0.15, 0.2) is 0 Å². The van der Waals surface area contributed by atoms with E-state index >= 15 is 0 Å². The molecule has 3 aromatic carbocycles. The highest BCUT2D eigenvalue weighted by molar-refractivity contribution is 6.46. The minimum absolute atomic E-state index is 0.325. The molecule has 2 aliphatic heterocycles. The van der Waals surface area contributed by atoms with E-state index < -0.39 is 0 Å². The maximum atomic E-state index is 14.0. The summed E-state index contributed by atoms with van der Waals surface area (Å²) in [7, 11) is 1.54. The predicted octanol–water partition coefficient (Wildman–Crippen LogP) is 5.05. The number of amides is 2. The molecule has 3 aromatic rings. The van der Waals surface area contributed by atoms with Crippen LogP contribution in [-0.4, -0.2) is 25.5 Å². The van der Waals surface area contributed by atoms with E-state index in [0.717, 1.165) is 35.2 Å². The monoisotopic (exact) mass is 438 g/mol. The zero-order valence-electron chi connectivity index (χ0n) is 19.1. The first-order valence-electron chi connectivity index (χ1n) is 11.2. The van der Waals surface area contributed by atoms with E-state index in [4.69, 9.17) is 4.74 Å². The first-order chi connectivity index (χ1) is 16.0. The molecule has 2 heterocycles. The predicted molar refractivity (Wildman–Crippen MR) is 130 cm³/mol. The maximum Gasteiger partial charge on any atom is 0.282 e. The number of para-hydroxylation sites is 3. The van der Waals surface area contributed by atoms with Crippen molar-refractivity contribution in [2.75, 3.05) is 23.5 Å². The average Bonchev–Trinajstić information content (AvgIpc) is 3.10. The van der Waals surface area contributed by atoms with Crippen molar-refractivity contribution in [3.8, 4) is 5.75 Å². The van der Waals surface area contributed by atoms with Crippen molar-refractivity contribution in [2.24, 2.45) is 0 Å². The van der Waals surface area contributed by atoms with Crippen molar-refractivity contribution in [3.63, 3.8) is 0 Å². The van der Waals surface area contributed by atoms with Gasteiger partial charge in [-0.3, -0.25) is 9.59 Å². The van der Waals surface area contributed by atoms with Crippen molar-refractivity contribution >= 4 is 28.8 Å². The van der Waals surface area contributed by atoms with Gasteiger partial charge in [0.25, 0.3) is 11.8 Å². The topological polar surface area (TPSA) is 49.9 Å². The van der Waals surface area contributed by atoms with Gasteiger partial charge in [0, 0.05) is 12.2 Å². The van der Waals surface area contributed by atoms with Crippen LogP contribution in [0.2, 0.25) is 0 Å². The van der Waals surface area contributed by atoms with E-state index in [1.165, 1.54) is 10.5 Å². The van der Waals surface area contributed by atoms with Crippen molar-refractivity contribution in [3.05, 3.63) is 94.7 Å². The smallest absolute Gasteiger partial charge is 0.282 e. The van der Waals surface area contributed by atoms with Gasteiger partial charge in [-0.2, -0.15) is 0 Å². The summed E-state index contributed by atoms with van der Waals surface area (Å²) >= 11 is 0. The molecule has 0 aromatic heterocycles. The van der Waals surface area contributed by atoms with Gasteiger partial charge in [-0.25, -0.2) is 4.90 Å². The van der Waals surface area contributed by atoms with Crippen molar-refractivity contribution in [1.29, 1.82) is 0 Å². The van der Waals surface area contributed by atoms with Crippen LogP contribution in [0, 0.1) is 13.8 Å². The van der Waals surface area contributed by atoms with Gasteiger partial charge in [-0.1, -0.05) is 48.5 Å². The van der Waals surface area contributed by atoms with E-state index in [0.29, 0.717) is 29.3 Å². The number of carbonyl (C=O) groups excluding carboxylic acids is 2. The van der Waals surface area contributed by atoms with Crippen molar-refractivity contribution in [2.45, 2.75) is 26.7 Å². The fraction of sp³-hybridized carbons (Fsp3) is 0.214. The zero-order valence-corrected chi connectivity index (χ0v) is 19.1. The highest BCUT2D eigenvalue weighted by Crippen LogP contribution is 2.41. The molecule has 0 fully saturated rings. The Hall–Kier alpha value is -3.86. The number of rotatable bonds is 4. The highest BCUT2D eigenvalue weighted by Gasteiger charge is 2.44. The molecule has 2 amide bonds. The second kappa shape index (κ2) is 8.24. The Morgan fingerprint density at radius 2 is 1.55 bits per heavy atom. The molecule has 0 saturated carbocycles. The molecule has 33 heavy (non-hydrogen) atoms. The molecule has 5 nitrogen and oxygen atoms in total. The molecule has 5 heteroatoms. The van der Waals surface area contributed by atoms with Gasteiger partial charge >= 0.3 is 0 Å². The van der Waals surface area contributed by atoms with Gasteiger partial charge in [-0.05, 0) is 67.1 Å². The molecular weight excluding hydrogens is 412 g/mol. The second-order valence-electron chi connectivity index (χ2n) is 8.52. The molecule has 0 aliphatic carbocycles. The molecule has 0 N–H and O–H groups in total. The van der Waals surface area contributed by atoms with Crippen LogP contribution in [-0.2, 0) is 16.0 Å². The first-order valence-corrected chi connectivity index (χ1v) is 11.2. The van der Waals surface area contributed by atoms with E-state index in [1.807, 2.05) is 67.3 Å². The Labute approximate surface area is 193 Å². The zero-order chi connectivity index (χ0) is 23.1. The van der Waals surface area contributed by atoms with Crippen LogP contribution in [0.15, 0.2) is 72.4 Å². The number of methoxy groups -OCH3 is 1. The largest absolute Gasteiger partial charge is 0.495 e. The molecule has 0 bridgehead atoms. The number of nitrogens with zero attached hydrogens (tertiary/aromatic N) is 2. The van der Waals surface area contributed by atoms with Crippen LogP contribution >= 0.6 is 0 Å². The lowest BCUT2D eigenvalue weighted by atomic mass is 9.97. The van der Waals surface area contributed by atoms with Crippen LogP contribution < -0.4 is 14.5 Å². The van der Waals surface area contributed by atoms with Gasteiger partial charge < -0.3 is 9.64 Å². The fourth-order valence-electron chi connectivity index (χ4n) is 4.72. The Bertz CT molecular complexity index is 1310. The van der Waals surface area contributed by atoms with Gasteiger partial charge in [0.1, 0.15) is 11.4 Å². The number of aryl methyl sites for hydroxylation is 3. The standard InChI is InChI=1S/C28H26N2O3/c1-18-14-15-21(17-19(18)2)25-26(29-16-8-10-20-9-4-5-11-22(20)29)28(32)30(27(25)31)23-12-6-7-13-24(23)33-3/h4-7,9,11-15,17H,8,10,16H2,1-3H3. The fourth-order valence-corrected chi connectivity index (χ4v) is 4.72. The summed E-state index contributed by atoms with van der Waals surface area (Å²) in [6, 6.07) is 21.2. The van der Waals surface area contributed by atoms with Gasteiger partial charge in [0.05, 0.1) is 18.4 Å². The number of hydrogen-bond donors (Lipinski definition) is 0. The van der Waals surface area contributed by atoms with Crippen LogP contribution in [0.1, 0.15) is 28.7 Å². The summed E-state index contributed by atoms with van der Waals surface area (Å²) in [4.78, 5) is 31.2. The lowest BCUT2D eigenvalue weighted by Crippen LogP contribution is -2.37. The minimum atomic E-state index is -0.328. The summed E-state index contributed by atoms with van der Waals surface area (Å²) < 4.78 is 5.49. The third-order valence-electron chi connectivity index (χ3n) is 6.56. The Morgan fingerprint density at radius 3 is 2.30 bits per heavy atom. The molecule has 0 atom stereocenters. The summed E-state index contributed by atoms with van der Waals surface area (Å²) in [5.41, 5.74) is 6.47. The van der Waals surface area contributed by atoms with Crippen LogP contribution in [0.25, 0.3) is 5.57 Å². The van der Waals surface area contributed by atoms with E-state index in [1.54, 1.807) is 19.2 Å². The first kappa shape index (κ1) is 21.0. The SMILES string of the molecule is COc1ccccc1N1C(=O)C(c2ccc(C)c(C)c2)=C(N2CCCc3ccccc32)C1=O. The Balaban J connectivity index is 1.73. The summed E-state index contributed by atoms with van der Waals surface area (Å²) in [6.07, 6.45) is 1.87. The second-order valence-corrected chi connectivity index (χ2v) is 8.52. The molecule has 0 saturated heterocycles. The number of hydrogen-bond acceptors (Lipinski definition) is 4. The molecule has 0 unspecified atom stereocenters. The van der Waals surface area contributed by atoms with E-state index in [9.17, 15) is 9.59 Å². The Kier molecular flexibility index (Phi) is 5.25. The van der Waals surface area contributed by atoms with Gasteiger partial charge in [-0.15, -0.1) is 0 Å². The van der Waals surface area contributed by atoms with E-state index in [-0.39, 0.29) is 11.8 Å². The molecule has 2 aliphatic rings. The van der Waals surface area contributed by atoms with Crippen LogP contribution in [0.3, 0.4) is 0 Å². The summed E-state index contributed by atoms with van der Waals surface area (Å²) in [6.45, 7) is 4.74. The van der Waals surface area contributed by atoms with Crippen molar-refractivity contribution in [1.82, 2.24) is 0 Å². The molecule has 5 rings (SSSR count). The van der Waals surface area contributed by atoms with E-state index in [2.05, 4.69) is 6.07 Å². The number of imide groups is 1. The lowest BCUT2D eigenvalue weighted by Gasteiger charge is -2.32. The maximum absolute atomic E-state index is 14.0. The summed E-state index contributed by atoms with van der Waals surface area (Å²) in [5.74, 6) is -0.167.